The Labute approximate surface area is 176 Å². The van der Waals surface area contributed by atoms with E-state index < -0.39 is 6.10 Å². The van der Waals surface area contributed by atoms with Crippen molar-refractivity contribution in [2.45, 2.75) is 25.9 Å². The van der Waals surface area contributed by atoms with Gasteiger partial charge in [0, 0.05) is 29.9 Å². The molecule has 0 saturated carbocycles. The van der Waals surface area contributed by atoms with E-state index in [-0.39, 0.29) is 11.8 Å². The Hall–Kier alpha value is -3.60. The summed E-state index contributed by atoms with van der Waals surface area (Å²) >= 11 is 0. The molecule has 0 unspecified atom stereocenters. The van der Waals surface area contributed by atoms with E-state index in [2.05, 4.69) is 5.32 Å². The average Bonchev–Trinajstić information content (AvgIpc) is 3.21. The molecule has 0 bridgehead atoms. The van der Waals surface area contributed by atoms with E-state index in [4.69, 9.17) is 4.74 Å². The maximum atomic E-state index is 12.7. The number of anilines is 2. The number of nitrogens with zero attached hydrogens (tertiary/aromatic N) is 1. The SMILES string of the molecule is C[C@H](Oc1ccc(N2CCCC2=O)cc1)C(=O)Nc1ccccc1-c1ccccc1. The monoisotopic (exact) mass is 400 g/mol. The zero-order valence-corrected chi connectivity index (χ0v) is 16.9. The van der Waals surface area contributed by atoms with E-state index in [0.29, 0.717) is 12.2 Å². The van der Waals surface area contributed by atoms with Crippen molar-refractivity contribution in [2.24, 2.45) is 0 Å². The number of carbonyl (C=O) groups is 2. The van der Waals surface area contributed by atoms with E-state index in [9.17, 15) is 9.59 Å². The third kappa shape index (κ3) is 4.35. The molecule has 5 nitrogen and oxygen atoms in total. The normalized spacial score (nSPS) is 14.4. The standard InChI is InChI=1S/C25H24N2O3/c1-18(30-21-15-13-20(14-16-21)27-17-7-12-24(27)28)25(29)26-23-11-6-5-10-22(23)19-8-3-2-4-9-19/h2-6,8-11,13-16,18H,7,12,17H2,1H3,(H,26,29)/t18-/m0/s1. The number of carbonyl (C=O) groups excluding carboxylic acids is 2. The van der Waals surface area contributed by atoms with E-state index >= 15 is 0 Å². The minimum Gasteiger partial charge on any atom is -0.481 e. The minimum absolute atomic E-state index is 0.147. The predicted octanol–water partition coefficient (Wildman–Crippen LogP) is 4.89. The van der Waals surface area contributed by atoms with Crippen molar-refractivity contribution >= 4 is 23.2 Å². The first kappa shape index (κ1) is 19.7. The fourth-order valence-corrected chi connectivity index (χ4v) is 3.58. The molecule has 0 spiro atoms. The first-order valence-electron chi connectivity index (χ1n) is 10.1. The molecule has 1 atom stereocenters. The van der Waals surface area contributed by atoms with Crippen LogP contribution in [0.15, 0.2) is 78.9 Å². The molecule has 0 radical (unpaired) electrons. The predicted molar refractivity (Wildman–Crippen MR) is 119 cm³/mol. The molecule has 0 aromatic heterocycles. The number of amides is 2. The van der Waals surface area contributed by atoms with E-state index in [1.165, 1.54) is 0 Å². The third-order valence-electron chi connectivity index (χ3n) is 5.17. The van der Waals surface area contributed by atoms with Gasteiger partial charge in [0.1, 0.15) is 5.75 Å². The lowest BCUT2D eigenvalue weighted by atomic mass is 10.0. The Balaban J connectivity index is 1.42. The van der Waals surface area contributed by atoms with Crippen LogP contribution in [0.5, 0.6) is 5.75 Å². The quantitative estimate of drug-likeness (QED) is 0.641. The highest BCUT2D eigenvalue weighted by Crippen LogP contribution is 2.28. The van der Waals surface area contributed by atoms with Crippen LogP contribution in [0.3, 0.4) is 0 Å². The van der Waals surface area contributed by atoms with Crippen molar-refractivity contribution in [3.8, 4) is 16.9 Å². The molecule has 1 aliphatic rings. The molecular formula is C25H24N2O3. The summed E-state index contributed by atoms with van der Waals surface area (Å²) in [7, 11) is 0. The maximum absolute atomic E-state index is 12.7. The largest absolute Gasteiger partial charge is 0.481 e. The minimum atomic E-state index is -0.673. The van der Waals surface area contributed by atoms with Crippen LogP contribution in [-0.4, -0.2) is 24.5 Å². The van der Waals surface area contributed by atoms with Gasteiger partial charge in [-0.1, -0.05) is 48.5 Å². The number of benzene rings is 3. The van der Waals surface area contributed by atoms with Gasteiger partial charge in [0.05, 0.1) is 0 Å². The highest BCUT2D eigenvalue weighted by Gasteiger charge is 2.22. The molecule has 1 heterocycles. The topological polar surface area (TPSA) is 58.6 Å². The van der Waals surface area contributed by atoms with Gasteiger partial charge in [0.2, 0.25) is 5.91 Å². The molecule has 0 aliphatic carbocycles. The molecule has 30 heavy (non-hydrogen) atoms. The van der Waals surface area contributed by atoms with Gasteiger partial charge in [-0.05, 0) is 49.2 Å². The Morgan fingerprint density at radius 3 is 2.37 bits per heavy atom. The van der Waals surface area contributed by atoms with Crippen LogP contribution in [0.1, 0.15) is 19.8 Å². The zero-order chi connectivity index (χ0) is 20.9. The van der Waals surface area contributed by atoms with Gasteiger partial charge in [0.25, 0.3) is 5.91 Å². The lowest BCUT2D eigenvalue weighted by Crippen LogP contribution is -2.30. The Morgan fingerprint density at radius 2 is 1.67 bits per heavy atom. The lowest BCUT2D eigenvalue weighted by Gasteiger charge is -2.18. The van der Waals surface area contributed by atoms with Crippen molar-refractivity contribution < 1.29 is 14.3 Å². The van der Waals surface area contributed by atoms with Crippen LogP contribution in [0.4, 0.5) is 11.4 Å². The van der Waals surface area contributed by atoms with Crippen molar-refractivity contribution in [1.29, 1.82) is 0 Å². The lowest BCUT2D eigenvalue weighted by molar-refractivity contribution is -0.122. The second-order valence-electron chi connectivity index (χ2n) is 7.30. The molecule has 1 saturated heterocycles. The summed E-state index contributed by atoms with van der Waals surface area (Å²) in [5, 5.41) is 2.97. The molecular weight excluding hydrogens is 376 g/mol. The number of rotatable bonds is 6. The molecule has 4 rings (SSSR count). The summed E-state index contributed by atoms with van der Waals surface area (Å²) in [6.45, 7) is 2.47. The van der Waals surface area contributed by atoms with Gasteiger partial charge in [0.15, 0.2) is 6.10 Å². The summed E-state index contributed by atoms with van der Waals surface area (Å²) in [6.07, 6.45) is 0.812. The average molecular weight is 400 g/mol. The number of para-hydroxylation sites is 1. The van der Waals surface area contributed by atoms with Gasteiger partial charge in [-0.3, -0.25) is 9.59 Å². The number of hydrogen-bond donors (Lipinski definition) is 1. The van der Waals surface area contributed by atoms with Gasteiger partial charge in [-0.2, -0.15) is 0 Å². The zero-order valence-electron chi connectivity index (χ0n) is 16.9. The molecule has 1 aliphatic heterocycles. The van der Waals surface area contributed by atoms with Crippen molar-refractivity contribution in [1.82, 2.24) is 0 Å². The van der Waals surface area contributed by atoms with Crippen LogP contribution in [0, 0.1) is 0 Å². The molecule has 152 valence electrons. The number of hydrogen-bond acceptors (Lipinski definition) is 3. The molecule has 1 N–H and O–H groups in total. The smallest absolute Gasteiger partial charge is 0.265 e. The molecule has 5 heteroatoms. The molecule has 3 aromatic carbocycles. The Morgan fingerprint density at radius 1 is 0.967 bits per heavy atom. The van der Waals surface area contributed by atoms with Crippen LogP contribution in [0.2, 0.25) is 0 Å². The molecule has 3 aromatic rings. The molecule has 1 fully saturated rings. The van der Waals surface area contributed by atoms with Crippen molar-refractivity contribution in [3.63, 3.8) is 0 Å². The Bertz CT molecular complexity index is 1030. The van der Waals surface area contributed by atoms with Crippen LogP contribution < -0.4 is 15.0 Å². The van der Waals surface area contributed by atoms with Crippen molar-refractivity contribution in [2.75, 3.05) is 16.8 Å². The van der Waals surface area contributed by atoms with Gasteiger partial charge in [-0.25, -0.2) is 0 Å². The fraction of sp³-hybridized carbons (Fsp3) is 0.200. The van der Waals surface area contributed by atoms with Crippen molar-refractivity contribution in [3.05, 3.63) is 78.9 Å². The second-order valence-corrected chi connectivity index (χ2v) is 7.30. The summed E-state index contributed by atoms with van der Waals surface area (Å²) in [5.74, 6) is 0.509. The summed E-state index contributed by atoms with van der Waals surface area (Å²) in [5.41, 5.74) is 3.60. The fourth-order valence-electron chi connectivity index (χ4n) is 3.58. The van der Waals surface area contributed by atoms with Crippen LogP contribution in [0.25, 0.3) is 11.1 Å². The van der Waals surface area contributed by atoms with E-state index in [1.54, 1.807) is 24.0 Å². The first-order chi connectivity index (χ1) is 14.6. The molecule has 2 amide bonds. The van der Waals surface area contributed by atoms with E-state index in [1.807, 2.05) is 66.7 Å². The summed E-state index contributed by atoms with van der Waals surface area (Å²) in [6, 6.07) is 24.9. The highest BCUT2D eigenvalue weighted by molar-refractivity contribution is 5.98. The van der Waals surface area contributed by atoms with E-state index in [0.717, 1.165) is 35.5 Å². The van der Waals surface area contributed by atoms with Gasteiger partial charge < -0.3 is 15.0 Å². The van der Waals surface area contributed by atoms with Gasteiger partial charge in [-0.15, -0.1) is 0 Å². The number of nitrogens with one attached hydrogen (secondary N) is 1. The second kappa shape index (κ2) is 8.82. The van der Waals surface area contributed by atoms with Gasteiger partial charge >= 0.3 is 0 Å². The summed E-state index contributed by atoms with van der Waals surface area (Å²) in [4.78, 5) is 26.4. The first-order valence-corrected chi connectivity index (χ1v) is 10.1. The van der Waals surface area contributed by atoms with Crippen LogP contribution >= 0.6 is 0 Å². The number of ether oxygens (including phenoxy) is 1. The highest BCUT2D eigenvalue weighted by atomic mass is 16.5. The summed E-state index contributed by atoms with van der Waals surface area (Å²) < 4.78 is 5.82. The Kier molecular flexibility index (Phi) is 5.80. The maximum Gasteiger partial charge on any atom is 0.265 e. The third-order valence-corrected chi connectivity index (χ3v) is 5.17. The van der Waals surface area contributed by atoms with Crippen LogP contribution in [-0.2, 0) is 9.59 Å².